The predicted molar refractivity (Wildman–Crippen MR) is 84.9 cm³/mol. The Morgan fingerprint density at radius 1 is 1.21 bits per heavy atom. The molecule has 106 valence electrons. The first kappa shape index (κ1) is 15.1. The van der Waals surface area contributed by atoms with Gasteiger partial charge in [-0.25, -0.2) is 4.98 Å². The number of aromatic nitrogens is 1. The fraction of sp³-hybridized carbons (Fsp3) is 0.643. The number of rotatable bonds is 5. The quantitative estimate of drug-likeness (QED) is 0.619. The summed E-state index contributed by atoms with van der Waals surface area (Å²) in [6.07, 6.45) is 9.92. The Morgan fingerprint density at radius 3 is 2.63 bits per heavy atom. The van der Waals surface area contributed by atoms with E-state index in [4.69, 9.17) is 11.6 Å². The molecule has 1 aliphatic carbocycles. The molecule has 0 bridgehead atoms. The van der Waals surface area contributed by atoms with Gasteiger partial charge in [0.2, 0.25) is 0 Å². The molecule has 2 rings (SSSR count). The SMILES string of the molecule is Clc1cc(Br)cnc1NCCNC1CCCCCC1. The van der Waals surface area contributed by atoms with Crippen molar-refractivity contribution in [2.24, 2.45) is 0 Å². The van der Waals surface area contributed by atoms with Crippen molar-refractivity contribution in [1.82, 2.24) is 10.3 Å². The third-order valence-corrected chi connectivity index (χ3v) is 4.24. The number of halogens is 2. The van der Waals surface area contributed by atoms with Gasteiger partial charge in [-0.05, 0) is 34.8 Å². The first-order valence-electron chi connectivity index (χ1n) is 7.04. The molecule has 1 fully saturated rings. The molecule has 2 N–H and O–H groups in total. The largest absolute Gasteiger partial charge is 0.368 e. The van der Waals surface area contributed by atoms with E-state index in [0.717, 1.165) is 23.4 Å². The second kappa shape index (κ2) is 8.08. The van der Waals surface area contributed by atoms with Crippen LogP contribution < -0.4 is 10.6 Å². The molecule has 0 saturated heterocycles. The number of hydrogen-bond acceptors (Lipinski definition) is 3. The average molecular weight is 347 g/mol. The topological polar surface area (TPSA) is 37.0 Å². The molecule has 3 nitrogen and oxygen atoms in total. The molecule has 1 aromatic rings. The van der Waals surface area contributed by atoms with Crippen molar-refractivity contribution in [3.8, 4) is 0 Å². The van der Waals surface area contributed by atoms with Crippen LogP contribution >= 0.6 is 27.5 Å². The lowest BCUT2D eigenvalue weighted by molar-refractivity contribution is 0.468. The lowest BCUT2D eigenvalue weighted by Crippen LogP contribution is -2.32. The number of anilines is 1. The van der Waals surface area contributed by atoms with Crippen LogP contribution in [-0.2, 0) is 0 Å². The Bertz CT molecular complexity index is 392. The van der Waals surface area contributed by atoms with Gasteiger partial charge >= 0.3 is 0 Å². The molecule has 1 aliphatic rings. The second-order valence-corrected chi connectivity index (χ2v) is 6.38. The van der Waals surface area contributed by atoms with Crippen LogP contribution in [0, 0.1) is 0 Å². The molecule has 1 saturated carbocycles. The van der Waals surface area contributed by atoms with Gasteiger partial charge in [0.25, 0.3) is 0 Å². The minimum atomic E-state index is 0.656. The van der Waals surface area contributed by atoms with Crippen LogP contribution in [0.3, 0.4) is 0 Å². The summed E-state index contributed by atoms with van der Waals surface area (Å²) in [4.78, 5) is 4.26. The summed E-state index contributed by atoms with van der Waals surface area (Å²) in [5, 5.41) is 7.55. The van der Waals surface area contributed by atoms with Gasteiger partial charge in [-0.1, -0.05) is 37.3 Å². The molecule has 19 heavy (non-hydrogen) atoms. The van der Waals surface area contributed by atoms with Crippen molar-refractivity contribution in [1.29, 1.82) is 0 Å². The van der Waals surface area contributed by atoms with Crippen molar-refractivity contribution < 1.29 is 0 Å². The van der Waals surface area contributed by atoms with Gasteiger partial charge in [-0.3, -0.25) is 0 Å². The number of nitrogens with one attached hydrogen (secondary N) is 2. The van der Waals surface area contributed by atoms with E-state index in [1.165, 1.54) is 38.5 Å². The highest BCUT2D eigenvalue weighted by Gasteiger charge is 2.10. The predicted octanol–water partition coefficient (Wildman–Crippen LogP) is 4.22. The smallest absolute Gasteiger partial charge is 0.144 e. The van der Waals surface area contributed by atoms with Crippen molar-refractivity contribution in [3.05, 3.63) is 21.8 Å². The maximum absolute atomic E-state index is 6.10. The summed E-state index contributed by atoms with van der Waals surface area (Å²) in [5.74, 6) is 0.757. The van der Waals surface area contributed by atoms with Crippen LogP contribution in [0.15, 0.2) is 16.7 Å². The molecule has 1 aromatic heterocycles. The van der Waals surface area contributed by atoms with Crippen molar-refractivity contribution in [3.63, 3.8) is 0 Å². The zero-order valence-electron chi connectivity index (χ0n) is 11.1. The first-order valence-corrected chi connectivity index (χ1v) is 8.21. The minimum absolute atomic E-state index is 0.656. The van der Waals surface area contributed by atoms with Crippen LogP contribution in [0.4, 0.5) is 5.82 Å². The molecule has 0 aliphatic heterocycles. The van der Waals surface area contributed by atoms with Crippen LogP contribution in [0.25, 0.3) is 0 Å². The zero-order valence-corrected chi connectivity index (χ0v) is 13.4. The number of pyridine rings is 1. The molecule has 0 amide bonds. The maximum Gasteiger partial charge on any atom is 0.144 e. The van der Waals surface area contributed by atoms with Crippen LogP contribution in [0.2, 0.25) is 5.02 Å². The molecule has 0 aromatic carbocycles. The third kappa shape index (κ3) is 5.28. The van der Waals surface area contributed by atoms with Gasteiger partial charge in [0.05, 0.1) is 5.02 Å². The first-order chi connectivity index (χ1) is 9.25. The monoisotopic (exact) mass is 345 g/mol. The summed E-state index contributed by atoms with van der Waals surface area (Å²) >= 11 is 9.45. The Kier molecular flexibility index (Phi) is 6.41. The van der Waals surface area contributed by atoms with Crippen LogP contribution in [0.1, 0.15) is 38.5 Å². The molecular weight excluding hydrogens is 326 g/mol. The fourth-order valence-electron chi connectivity index (χ4n) is 2.49. The Labute approximate surface area is 128 Å². The van der Waals surface area contributed by atoms with Crippen LogP contribution in [0.5, 0.6) is 0 Å². The van der Waals surface area contributed by atoms with Crippen molar-refractivity contribution in [2.75, 3.05) is 18.4 Å². The summed E-state index contributed by atoms with van der Waals surface area (Å²) in [6, 6.07) is 2.55. The fourth-order valence-corrected chi connectivity index (χ4v) is 3.18. The van der Waals surface area contributed by atoms with E-state index < -0.39 is 0 Å². The molecule has 0 spiro atoms. The highest BCUT2D eigenvalue weighted by molar-refractivity contribution is 9.10. The van der Waals surface area contributed by atoms with Gasteiger partial charge in [-0.15, -0.1) is 0 Å². The second-order valence-electron chi connectivity index (χ2n) is 5.05. The van der Waals surface area contributed by atoms with Gasteiger partial charge in [0, 0.05) is 29.8 Å². The third-order valence-electron chi connectivity index (χ3n) is 3.51. The van der Waals surface area contributed by atoms with E-state index in [9.17, 15) is 0 Å². The van der Waals surface area contributed by atoms with E-state index in [0.29, 0.717) is 11.1 Å². The molecule has 0 atom stereocenters. The van der Waals surface area contributed by atoms with Gasteiger partial charge < -0.3 is 10.6 Å². The van der Waals surface area contributed by atoms with E-state index in [-0.39, 0.29) is 0 Å². The zero-order chi connectivity index (χ0) is 13.5. The lowest BCUT2D eigenvalue weighted by atomic mass is 10.1. The van der Waals surface area contributed by atoms with Crippen molar-refractivity contribution >= 4 is 33.3 Å². The summed E-state index contributed by atoms with van der Waals surface area (Å²) < 4.78 is 0.902. The molecule has 5 heteroatoms. The molecule has 1 heterocycles. The summed E-state index contributed by atoms with van der Waals surface area (Å²) in [6.45, 7) is 1.81. The molecular formula is C14H21BrClN3. The van der Waals surface area contributed by atoms with E-state index >= 15 is 0 Å². The van der Waals surface area contributed by atoms with E-state index in [2.05, 4.69) is 31.5 Å². The maximum atomic E-state index is 6.10. The summed E-state index contributed by atoms with van der Waals surface area (Å²) in [5.41, 5.74) is 0. The van der Waals surface area contributed by atoms with Gasteiger partial charge in [0.15, 0.2) is 0 Å². The normalized spacial score (nSPS) is 17.2. The Morgan fingerprint density at radius 2 is 1.95 bits per heavy atom. The average Bonchev–Trinajstić information content (AvgIpc) is 2.65. The molecule has 0 radical (unpaired) electrons. The van der Waals surface area contributed by atoms with Gasteiger partial charge in [-0.2, -0.15) is 0 Å². The van der Waals surface area contributed by atoms with Crippen LogP contribution in [-0.4, -0.2) is 24.1 Å². The lowest BCUT2D eigenvalue weighted by Gasteiger charge is -2.16. The number of hydrogen-bond donors (Lipinski definition) is 2. The Balaban J connectivity index is 1.68. The van der Waals surface area contributed by atoms with E-state index in [1.54, 1.807) is 6.20 Å². The minimum Gasteiger partial charge on any atom is -0.368 e. The Hall–Kier alpha value is -0.320. The highest BCUT2D eigenvalue weighted by Crippen LogP contribution is 2.22. The standard InChI is InChI=1S/C14H21BrClN3/c15-11-9-13(16)14(19-10-11)18-8-7-17-12-5-3-1-2-4-6-12/h9-10,12,17H,1-8H2,(H,18,19). The van der Waals surface area contributed by atoms with Crippen molar-refractivity contribution in [2.45, 2.75) is 44.6 Å². The summed E-state index contributed by atoms with van der Waals surface area (Å²) in [7, 11) is 0. The molecule has 0 unspecified atom stereocenters. The highest BCUT2D eigenvalue weighted by atomic mass is 79.9. The van der Waals surface area contributed by atoms with Gasteiger partial charge in [0.1, 0.15) is 5.82 Å². The van der Waals surface area contributed by atoms with E-state index in [1.807, 2.05) is 6.07 Å². The number of nitrogens with zero attached hydrogens (tertiary/aromatic N) is 1.